The van der Waals surface area contributed by atoms with Gasteiger partial charge in [0.2, 0.25) is 0 Å². The standard InChI is InChI=1S/C17H16ClN3O/c1-11-3-4-14(12(2)7-11)10-20-17(22)21-15-6-5-13(9-19)16(18)8-15/h3-8H,10H2,1-2H3,(H2,20,21,22). The molecule has 0 aliphatic carbocycles. The second kappa shape index (κ2) is 6.97. The number of benzene rings is 2. The van der Waals surface area contributed by atoms with E-state index in [1.54, 1.807) is 18.2 Å². The minimum atomic E-state index is -0.319. The van der Waals surface area contributed by atoms with Gasteiger partial charge in [-0.05, 0) is 43.2 Å². The Labute approximate surface area is 134 Å². The Hall–Kier alpha value is -2.51. The van der Waals surface area contributed by atoms with Gasteiger partial charge in [0.1, 0.15) is 6.07 Å². The number of nitriles is 1. The van der Waals surface area contributed by atoms with Gasteiger partial charge in [0.15, 0.2) is 0 Å². The molecule has 112 valence electrons. The fourth-order valence-corrected chi connectivity index (χ4v) is 2.30. The minimum absolute atomic E-state index is 0.315. The molecular formula is C17H16ClN3O. The lowest BCUT2D eigenvalue weighted by atomic mass is 10.1. The SMILES string of the molecule is Cc1ccc(CNC(=O)Nc2ccc(C#N)c(Cl)c2)c(C)c1. The predicted molar refractivity (Wildman–Crippen MR) is 87.9 cm³/mol. The summed E-state index contributed by atoms with van der Waals surface area (Å²) in [7, 11) is 0. The van der Waals surface area contributed by atoms with E-state index in [0.29, 0.717) is 22.8 Å². The van der Waals surface area contributed by atoms with Crippen molar-refractivity contribution < 1.29 is 4.79 Å². The molecule has 0 radical (unpaired) electrons. The zero-order valence-electron chi connectivity index (χ0n) is 12.4. The van der Waals surface area contributed by atoms with Crippen LogP contribution in [0.15, 0.2) is 36.4 Å². The molecule has 0 saturated heterocycles. The molecule has 0 spiro atoms. The summed E-state index contributed by atoms with van der Waals surface area (Å²) in [6, 6.07) is 12.5. The van der Waals surface area contributed by atoms with Crippen LogP contribution in [0.4, 0.5) is 10.5 Å². The molecule has 0 aliphatic heterocycles. The lowest BCUT2D eigenvalue weighted by Gasteiger charge is -2.10. The number of nitrogens with one attached hydrogen (secondary N) is 2. The molecule has 2 N–H and O–H groups in total. The minimum Gasteiger partial charge on any atom is -0.334 e. The van der Waals surface area contributed by atoms with Crippen molar-refractivity contribution in [3.8, 4) is 6.07 Å². The molecule has 0 aliphatic rings. The Morgan fingerprint density at radius 3 is 2.64 bits per heavy atom. The van der Waals surface area contributed by atoms with E-state index in [1.165, 1.54) is 5.56 Å². The number of carbonyl (C=O) groups excluding carboxylic acids is 1. The van der Waals surface area contributed by atoms with E-state index >= 15 is 0 Å². The highest BCUT2D eigenvalue weighted by Crippen LogP contribution is 2.20. The molecule has 0 fully saturated rings. The molecule has 0 unspecified atom stereocenters. The van der Waals surface area contributed by atoms with E-state index in [4.69, 9.17) is 16.9 Å². The summed E-state index contributed by atoms with van der Waals surface area (Å²) in [6.45, 7) is 4.50. The highest BCUT2D eigenvalue weighted by atomic mass is 35.5. The fraction of sp³-hybridized carbons (Fsp3) is 0.176. The normalized spacial score (nSPS) is 9.91. The zero-order chi connectivity index (χ0) is 16.1. The summed E-state index contributed by atoms with van der Waals surface area (Å²) in [5, 5.41) is 14.6. The Morgan fingerprint density at radius 2 is 2.00 bits per heavy atom. The smallest absolute Gasteiger partial charge is 0.319 e. The number of aryl methyl sites for hydroxylation is 2. The van der Waals surface area contributed by atoms with Crippen LogP contribution in [-0.2, 0) is 6.54 Å². The van der Waals surface area contributed by atoms with Gasteiger partial charge in [-0.3, -0.25) is 0 Å². The molecule has 2 rings (SSSR count). The molecule has 22 heavy (non-hydrogen) atoms. The van der Waals surface area contributed by atoms with E-state index in [1.807, 2.05) is 32.0 Å². The monoisotopic (exact) mass is 313 g/mol. The third kappa shape index (κ3) is 4.00. The van der Waals surface area contributed by atoms with Crippen LogP contribution in [0, 0.1) is 25.2 Å². The molecule has 0 aromatic heterocycles. The lowest BCUT2D eigenvalue weighted by Crippen LogP contribution is -2.28. The van der Waals surface area contributed by atoms with Crippen LogP contribution in [0.5, 0.6) is 0 Å². The second-order valence-electron chi connectivity index (χ2n) is 5.04. The summed E-state index contributed by atoms with van der Waals surface area (Å²) >= 11 is 5.93. The Balaban J connectivity index is 1.96. The third-order valence-electron chi connectivity index (χ3n) is 3.28. The van der Waals surface area contributed by atoms with Crippen molar-refractivity contribution in [2.75, 3.05) is 5.32 Å². The number of urea groups is 1. The van der Waals surface area contributed by atoms with Crippen LogP contribution in [0.1, 0.15) is 22.3 Å². The van der Waals surface area contributed by atoms with Gasteiger partial charge in [0.05, 0.1) is 10.6 Å². The molecule has 0 atom stereocenters. The number of halogens is 1. The highest BCUT2D eigenvalue weighted by molar-refractivity contribution is 6.32. The topological polar surface area (TPSA) is 64.9 Å². The van der Waals surface area contributed by atoms with Gasteiger partial charge in [-0.1, -0.05) is 35.4 Å². The van der Waals surface area contributed by atoms with Gasteiger partial charge < -0.3 is 10.6 Å². The van der Waals surface area contributed by atoms with Crippen LogP contribution >= 0.6 is 11.6 Å². The summed E-state index contributed by atoms with van der Waals surface area (Å²) in [5.74, 6) is 0. The first-order chi connectivity index (χ1) is 10.5. The first-order valence-corrected chi connectivity index (χ1v) is 7.18. The number of nitrogens with zero attached hydrogens (tertiary/aromatic N) is 1. The number of hydrogen-bond acceptors (Lipinski definition) is 2. The van der Waals surface area contributed by atoms with Crippen molar-refractivity contribution in [1.82, 2.24) is 5.32 Å². The maximum Gasteiger partial charge on any atom is 0.319 e. The van der Waals surface area contributed by atoms with Crippen molar-refractivity contribution in [3.63, 3.8) is 0 Å². The van der Waals surface area contributed by atoms with Gasteiger partial charge in [-0.25, -0.2) is 4.79 Å². The van der Waals surface area contributed by atoms with Crippen molar-refractivity contribution in [2.45, 2.75) is 20.4 Å². The van der Waals surface area contributed by atoms with Gasteiger partial charge in [-0.2, -0.15) is 5.26 Å². The Kier molecular flexibility index (Phi) is 5.03. The van der Waals surface area contributed by atoms with E-state index in [-0.39, 0.29) is 6.03 Å². The highest BCUT2D eigenvalue weighted by Gasteiger charge is 2.06. The van der Waals surface area contributed by atoms with Crippen LogP contribution < -0.4 is 10.6 Å². The number of hydrogen-bond donors (Lipinski definition) is 2. The quantitative estimate of drug-likeness (QED) is 0.894. The van der Waals surface area contributed by atoms with Crippen molar-refractivity contribution in [1.29, 1.82) is 5.26 Å². The van der Waals surface area contributed by atoms with E-state index in [2.05, 4.69) is 16.7 Å². The maximum atomic E-state index is 11.9. The summed E-state index contributed by atoms with van der Waals surface area (Å²) in [4.78, 5) is 11.9. The van der Waals surface area contributed by atoms with Gasteiger partial charge in [-0.15, -0.1) is 0 Å². The van der Waals surface area contributed by atoms with Crippen molar-refractivity contribution in [2.24, 2.45) is 0 Å². The summed E-state index contributed by atoms with van der Waals surface area (Å²) in [5.41, 5.74) is 4.32. The number of rotatable bonds is 3. The Bertz CT molecular complexity index is 750. The number of carbonyl (C=O) groups is 1. The van der Waals surface area contributed by atoms with Gasteiger partial charge in [0.25, 0.3) is 0 Å². The van der Waals surface area contributed by atoms with Crippen LogP contribution in [0.3, 0.4) is 0 Å². The largest absolute Gasteiger partial charge is 0.334 e. The van der Waals surface area contributed by atoms with Crippen LogP contribution in [-0.4, -0.2) is 6.03 Å². The van der Waals surface area contributed by atoms with E-state index < -0.39 is 0 Å². The molecular weight excluding hydrogens is 298 g/mol. The zero-order valence-corrected chi connectivity index (χ0v) is 13.2. The van der Waals surface area contributed by atoms with E-state index in [0.717, 1.165) is 11.1 Å². The van der Waals surface area contributed by atoms with Gasteiger partial charge >= 0.3 is 6.03 Å². The van der Waals surface area contributed by atoms with Crippen LogP contribution in [0.25, 0.3) is 0 Å². The third-order valence-corrected chi connectivity index (χ3v) is 3.60. The molecule has 0 heterocycles. The average molecular weight is 314 g/mol. The average Bonchev–Trinajstić information content (AvgIpc) is 2.46. The van der Waals surface area contributed by atoms with Crippen LogP contribution in [0.2, 0.25) is 5.02 Å². The summed E-state index contributed by atoms with van der Waals surface area (Å²) in [6.07, 6.45) is 0. The molecule has 0 bridgehead atoms. The first-order valence-electron chi connectivity index (χ1n) is 6.80. The molecule has 0 saturated carbocycles. The van der Waals surface area contributed by atoms with Gasteiger partial charge in [0, 0.05) is 12.2 Å². The second-order valence-corrected chi connectivity index (χ2v) is 5.45. The van der Waals surface area contributed by atoms with E-state index in [9.17, 15) is 4.79 Å². The first kappa shape index (κ1) is 15.9. The predicted octanol–water partition coefficient (Wildman–Crippen LogP) is 4.15. The number of anilines is 1. The van der Waals surface area contributed by atoms with Crippen molar-refractivity contribution >= 4 is 23.3 Å². The fourth-order valence-electron chi connectivity index (χ4n) is 2.08. The molecule has 2 amide bonds. The molecule has 2 aromatic rings. The maximum absolute atomic E-state index is 11.9. The lowest BCUT2D eigenvalue weighted by molar-refractivity contribution is 0.251. The molecule has 4 nitrogen and oxygen atoms in total. The molecule has 5 heteroatoms. The van der Waals surface area contributed by atoms with Crippen molar-refractivity contribution in [3.05, 3.63) is 63.7 Å². The summed E-state index contributed by atoms with van der Waals surface area (Å²) < 4.78 is 0. The number of amides is 2. The Morgan fingerprint density at radius 1 is 1.23 bits per heavy atom. The molecule has 2 aromatic carbocycles.